The maximum Gasteiger partial charge on any atom is 0.303 e. The molecule has 0 saturated heterocycles. The van der Waals surface area contributed by atoms with E-state index in [0.29, 0.717) is 17.8 Å². The first-order valence-corrected chi connectivity index (χ1v) is 6.43. The number of benzene rings is 1. The number of carboxylic acids is 1. The summed E-state index contributed by atoms with van der Waals surface area (Å²) >= 11 is 0. The van der Waals surface area contributed by atoms with E-state index in [-0.39, 0.29) is 24.7 Å². The molecule has 108 valence electrons. The van der Waals surface area contributed by atoms with Crippen molar-refractivity contribution in [2.75, 3.05) is 10.6 Å². The predicted octanol–water partition coefficient (Wildman–Crippen LogP) is 2.23. The van der Waals surface area contributed by atoms with Crippen LogP contribution < -0.4 is 10.6 Å². The van der Waals surface area contributed by atoms with Gasteiger partial charge in [-0.25, -0.2) is 0 Å². The molecule has 0 aliphatic heterocycles. The van der Waals surface area contributed by atoms with Crippen molar-refractivity contribution in [1.82, 2.24) is 0 Å². The Balaban J connectivity index is 2.57. The van der Waals surface area contributed by atoms with E-state index < -0.39 is 5.97 Å². The van der Waals surface area contributed by atoms with E-state index in [2.05, 4.69) is 10.6 Å². The molecule has 0 aromatic heterocycles. The molecule has 6 nitrogen and oxygen atoms in total. The largest absolute Gasteiger partial charge is 0.481 e. The molecule has 6 heteroatoms. The number of carboxylic acid groups (broad SMARTS) is 1. The lowest BCUT2D eigenvalue weighted by molar-refractivity contribution is -0.138. The maximum absolute atomic E-state index is 11.5. The Hall–Kier alpha value is -2.37. The molecular weight excluding hydrogens is 260 g/mol. The van der Waals surface area contributed by atoms with Gasteiger partial charge >= 0.3 is 5.97 Å². The molecular formula is C14H18N2O4. The Bertz CT molecular complexity index is 500. The number of hydrogen-bond acceptors (Lipinski definition) is 3. The SMILES string of the molecule is CCCC(=O)Nc1cccc(NC(=O)CCC(=O)O)c1. The number of aliphatic carboxylic acids is 1. The second kappa shape index (κ2) is 7.93. The molecule has 3 N–H and O–H groups in total. The minimum Gasteiger partial charge on any atom is -0.481 e. The van der Waals surface area contributed by atoms with Gasteiger partial charge in [0.2, 0.25) is 11.8 Å². The minimum absolute atomic E-state index is 0.0816. The van der Waals surface area contributed by atoms with Gasteiger partial charge in [-0.1, -0.05) is 13.0 Å². The highest BCUT2D eigenvalue weighted by Crippen LogP contribution is 2.15. The number of rotatable bonds is 7. The summed E-state index contributed by atoms with van der Waals surface area (Å²) < 4.78 is 0. The highest BCUT2D eigenvalue weighted by molar-refractivity contribution is 5.94. The van der Waals surface area contributed by atoms with E-state index in [1.807, 2.05) is 6.92 Å². The van der Waals surface area contributed by atoms with Crippen LogP contribution in [0.2, 0.25) is 0 Å². The molecule has 0 saturated carbocycles. The number of carbonyl (C=O) groups excluding carboxylic acids is 2. The molecule has 0 unspecified atom stereocenters. The van der Waals surface area contributed by atoms with Crippen molar-refractivity contribution >= 4 is 29.2 Å². The van der Waals surface area contributed by atoms with Gasteiger partial charge < -0.3 is 15.7 Å². The number of amides is 2. The molecule has 0 aliphatic rings. The summed E-state index contributed by atoms with van der Waals surface area (Å²) in [6, 6.07) is 6.73. The molecule has 1 aromatic rings. The maximum atomic E-state index is 11.5. The highest BCUT2D eigenvalue weighted by Gasteiger charge is 2.07. The monoisotopic (exact) mass is 278 g/mol. The molecule has 0 fully saturated rings. The molecule has 0 aliphatic carbocycles. The molecule has 20 heavy (non-hydrogen) atoms. The second-order valence-corrected chi connectivity index (χ2v) is 4.32. The Kier molecular flexibility index (Phi) is 6.22. The Labute approximate surface area is 117 Å². The first kappa shape index (κ1) is 15.7. The molecule has 0 spiro atoms. The van der Waals surface area contributed by atoms with Crippen molar-refractivity contribution in [3.05, 3.63) is 24.3 Å². The summed E-state index contributed by atoms with van der Waals surface area (Å²) in [4.78, 5) is 33.3. The van der Waals surface area contributed by atoms with Gasteiger partial charge in [0, 0.05) is 24.2 Å². The van der Waals surface area contributed by atoms with Gasteiger partial charge in [0.05, 0.1) is 6.42 Å². The number of carbonyl (C=O) groups is 3. The van der Waals surface area contributed by atoms with Crippen LogP contribution in [0.3, 0.4) is 0 Å². The van der Waals surface area contributed by atoms with Crippen LogP contribution >= 0.6 is 0 Å². The van der Waals surface area contributed by atoms with Crippen LogP contribution in [-0.4, -0.2) is 22.9 Å². The van der Waals surface area contributed by atoms with Gasteiger partial charge in [0.15, 0.2) is 0 Å². The molecule has 2 amide bonds. The van der Waals surface area contributed by atoms with Crippen molar-refractivity contribution in [1.29, 1.82) is 0 Å². The van der Waals surface area contributed by atoms with Crippen LogP contribution in [0.1, 0.15) is 32.6 Å². The van der Waals surface area contributed by atoms with Gasteiger partial charge in [0.1, 0.15) is 0 Å². The normalized spacial score (nSPS) is 9.85. The number of hydrogen-bond donors (Lipinski definition) is 3. The Morgan fingerprint density at radius 3 is 2.05 bits per heavy atom. The van der Waals surface area contributed by atoms with E-state index in [1.165, 1.54) is 0 Å². The zero-order valence-electron chi connectivity index (χ0n) is 11.3. The van der Waals surface area contributed by atoms with E-state index in [9.17, 15) is 14.4 Å². The molecule has 1 rings (SSSR count). The molecule has 1 aromatic carbocycles. The zero-order chi connectivity index (χ0) is 15.0. The fraction of sp³-hybridized carbons (Fsp3) is 0.357. The average Bonchev–Trinajstić information content (AvgIpc) is 2.37. The third kappa shape index (κ3) is 5.99. The van der Waals surface area contributed by atoms with Crippen LogP contribution in [0.4, 0.5) is 11.4 Å². The Morgan fingerprint density at radius 1 is 1.00 bits per heavy atom. The smallest absolute Gasteiger partial charge is 0.303 e. The van der Waals surface area contributed by atoms with Gasteiger partial charge in [0.25, 0.3) is 0 Å². The summed E-state index contributed by atoms with van der Waals surface area (Å²) in [7, 11) is 0. The van der Waals surface area contributed by atoms with Crippen LogP contribution in [-0.2, 0) is 14.4 Å². The van der Waals surface area contributed by atoms with Gasteiger partial charge in [-0.05, 0) is 24.6 Å². The Morgan fingerprint density at radius 2 is 1.55 bits per heavy atom. The van der Waals surface area contributed by atoms with Crippen molar-refractivity contribution < 1.29 is 19.5 Å². The van der Waals surface area contributed by atoms with Crippen LogP contribution in [0.5, 0.6) is 0 Å². The van der Waals surface area contributed by atoms with Crippen molar-refractivity contribution in [2.24, 2.45) is 0 Å². The van der Waals surface area contributed by atoms with E-state index in [0.717, 1.165) is 6.42 Å². The standard InChI is InChI=1S/C14H18N2O4/c1-2-4-12(17)15-10-5-3-6-11(9-10)16-13(18)7-8-14(19)20/h3,5-6,9H,2,4,7-8H2,1H3,(H,15,17)(H,16,18)(H,19,20). The summed E-state index contributed by atoms with van der Waals surface area (Å²) in [5.41, 5.74) is 1.12. The highest BCUT2D eigenvalue weighted by atomic mass is 16.4. The fourth-order valence-electron chi connectivity index (χ4n) is 1.57. The van der Waals surface area contributed by atoms with Crippen LogP contribution in [0, 0.1) is 0 Å². The third-order valence-electron chi connectivity index (χ3n) is 2.47. The first-order valence-electron chi connectivity index (χ1n) is 6.43. The molecule has 0 radical (unpaired) electrons. The average molecular weight is 278 g/mol. The predicted molar refractivity (Wildman–Crippen MR) is 75.5 cm³/mol. The lowest BCUT2D eigenvalue weighted by Crippen LogP contribution is -2.14. The molecule has 0 bridgehead atoms. The van der Waals surface area contributed by atoms with Crippen molar-refractivity contribution in [2.45, 2.75) is 32.6 Å². The zero-order valence-corrected chi connectivity index (χ0v) is 11.3. The minimum atomic E-state index is -1.01. The van der Waals surface area contributed by atoms with Crippen LogP contribution in [0.25, 0.3) is 0 Å². The topological polar surface area (TPSA) is 95.5 Å². The quantitative estimate of drug-likeness (QED) is 0.712. The first-order chi connectivity index (χ1) is 9.51. The second-order valence-electron chi connectivity index (χ2n) is 4.32. The lowest BCUT2D eigenvalue weighted by Gasteiger charge is -2.08. The van der Waals surface area contributed by atoms with E-state index >= 15 is 0 Å². The summed E-state index contributed by atoms with van der Waals surface area (Å²) in [6.45, 7) is 1.92. The summed E-state index contributed by atoms with van der Waals surface area (Å²) in [6.07, 6.45) is 0.910. The number of nitrogens with one attached hydrogen (secondary N) is 2. The van der Waals surface area contributed by atoms with E-state index in [4.69, 9.17) is 5.11 Å². The summed E-state index contributed by atoms with van der Waals surface area (Å²) in [5, 5.41) is 13.8. The third-order valence-corrected chi connectivity index (χ3v) is 2.47. The lowest BCUT2D eigenvalue weighted by atomic mass is 10.2. The van der Waals surface area contributed by atoms with Gasteiger partial charge in [-0.15, -0.1) is 0 Å². The molecule has 0 heterocycles. The van der Waals surface area contributed by atoms with Crippen LogP contribution in [0.15, 0.2) is 24.3 Å². The summed E-state index contributed by atoms with van der Waals surface area (Å²) in [5.74, 6) is -1.47. The van der Waals surface area contributed by atoms with E-state index in [1.54, 1.807) is 24.3 Å². The van der Waals surface area contributed by atoms with Crippen molar-refractivity contribution in [3.63, 3.8) is 0 Å². The van der Waals surface area contributed by atoms with Gasteiger partial charge in [-0.3, -0.25) is 14.4 Å². The number of anilines is 2. The molecule has 0 atom stereocenters. The van der Waals surface area contributed by atoms with Gasteiger partial charge in [-0.2, -0.15) is 0 Å². The van der Waals surface area contributed by atoms with Crippen molar-refractivity contribution in [3.8, 4) is 0 Å². The fourth-order valence-corrected chi connectivity index (χ4v) is 1.57.